The van der Waals surface area contributed by atoms with Gasteiger partial charge >= 0.3 is 0 Å². The molecule has 1 rings (SSSR count). The van der Waals surface area contributed by atoms with Crippen LogP contribution in [0.4, 0.5) is 0 Å². The van der Waals surface area contributed by atoms with Gasteiger partial charge in [-0.05, 0) is 39.3 Å². The summed E-state index contributed by atoms with van der Waals surface area (Å²) in [6, 6.07) is -0.209. The van der Waals surface area contributed by atoms with E-state index in [1.165, 1.54) is 0 Å². The van der Waals surface area contributed by atoms with Gasteiger partial charge < -0.3 is 5.32 Å². The number of nitrogens with zero attached hydrogens (tertiary/aromatic N) is 6. The molecule has 0 saturated carbocycles. The average Bonchev–Trinajstić information content (AvgIpc) is 2.48. The van der Waals surface area contributed by atoms with Gasteiger partial charge in [0.05, 0.1) is 6.42 Å². The van der Waals surface area contributed by atoms with Gasteiger partial charge in [0.1, 0.15) is 6.17 Å². The molecule has 1 amide bonds. The topological polar surface area (TPSA) is 106 Å². The molecule has 8 nitrogen and oxygen atoms in total. The summed E-state index contributed by atoms with van der Waals surface area (Å²) in [5.41, 5.74) is 10.5. The molecule has 0 aromatic heterocycles. The molecular formula is C16H23N7O. The molecule has 2 unspecified atom stereocenters. The molecular weight excluding hydrogens is 306 g/mol. The van der Waals surface area contributed by atoms with E-state index in [2.05, 4.69) is 32.0 Å². The largest absolute Gasteiger partial charge is 0.350 e. The summed E-state index contributed by atoms with van der Waals surface area (Å²) >= 11 is 0. The van der Waals surface area contributed by atoms with Gasteiger partial charge in [-0.2, -0.15) is 5.10 Å². The fourth-order valence-electron chi connectivity index (χ4n) is 2.16. The molecule has 0 spiro atoms. The fourth-order valence-corrected chi connectivity index (χ4v) is 2.16. The second-order valence-corrected chi connectivity index (χ2v) is 5.43. The summed E-state index contributed by atoms with van der Waals surface area (Å²) in [5.74, 6) is -0.156. The van der Waals surface area contributed by atoms with E-state index in [0.29, 0.717) is 0 Å². The Bertz CT molecular complexity index is 653. The van der Waals surface area contributed by atoms with Crippen molar-refractivity contribution in [3.8, 4) is 0 Å². The van der Waals surface area contributed by atoms with E-state index in [4.69, 9.17) is 5.53 Å². The molecule has 0 fully saturated rings. The minimum absolute atomic E-state index is 0.0807. The Hall–Kier alpha value is -2.86. The van der Waals surface area contributed by atoms with E-state index >= 15 is 0 Å². The minimum atomic E-state index is -0.209. The molecule has 0 saturated heterocycles. The highest BCUT2D eigenvalue weighted by molar-refractivity contribution is 5.94. The highest BCUT2D eigenvalue weighted by Gasteiger charge is 2.16. The molecule has 0 radical (unpaired) electrons. The number of carbonyl (C=O) groups is 1. The third kappa shape index (κ3) is 6.50. The maximum absolute atomic E-state index is 11.9. The number of hydrogen-bond acceptors (Lipinski definition) is 5. The lowest BCUT2D eigenvalue weighted by Crippen LogP contribution is -2.32. The van der Waals surface area contributed by atoms with Crippen molar-refractivity contribution in [3.05, 3.63) is 46.6 Å². The lowest BCUT2D eigenvalue weighted by atomic mass is 10.2. The second kappa shape index (κ2) is 9.32. The molecule has 0 aliphatic carbocycles. The predicted octanol–water partition coefficient (Wildman–Crippen LogP) is 3.27. The second-order valence-electron chi connectivity index (χ2n) is 5.43. The molecule has 0 bridgehead atoms. The van der Waals surface area contributed by atoms with Gasteiger partial charge in [-0.15, -0.1) is 0 Å². The number of hydrogen-bond donors (Lipinski definition) is 1. The SMILES string of the molecule is C=C(/C=C\C(C)NC(=O)C/C=N\N1C(C)=CC(C)=NC1C)N=[N+]=[N-]. The third-order valence-electron chi connectivity index (χ3n) is 3.15. The summed E-state index contributed by atoms with van der Waals surface area (Å²) in [6.07, 6.45) is 6.85. The van der Waals surface area contributed by atoms with Crippen LogP contribution in [0.1, 0.15) is 34.1 Å². The first-order valence-electron chi connectivity index (χ1n) is 7.59. The van der Waals surface area contributed by atoms with Crippen LogP contribution in [0.5, 0.6) is 0 Å². The van der Waals surface area contributed by atoms with Gasteiger partial charge in [0, 0.05) is 34.3 Å². The van der Waals surface area contributed by atoms with Gasteiger partial charge in [0.2, 0.25) is 5.91 Å². The van der Waals surface area contributed by atoms with Crippen LogP contribution in [-0.4, -0.2) is 35.0 Å². The van der Waals surface area contributed by atoms with Gasteiger partial charge in [-0.25, -0.2) is 5.01 Å². The van der Waals surface area contributed by atoms with Crippen LogP contribution in [0, 0.1) is 0 Å². The molecule has 8 heteroatoms. The first-order chi connectivity index (χ1) is 11.3. The van der Waals surface area contributed by atoms with Crippen molar-refractivity contribution >= 4 is 17.8 Å². The van der Waals surface area contributed by atoms with Crippen molar-refractivity contribution in [2.45, 2.75) is 46.3 Å². The first kappa shape index (κ1) is 19.2. The Balaban J connectivity index is 2.47. The van der Waals surface area contributed by atoms with Crippen molar-refractivity contribution in [1.29, 1.82) is 0 Å². The number of aliphatic imine (C=N–C) groups is 1. The number of amides is 1. The van der Waals surface area contributed by atoms with Crippen LogP contribution >= 0.6 is 0 Å². The Morgan fingerprint density at radius 1 is 1.62 bits per heavy atom. The average molecular weight is 329 g/mol. The number of nitrogens with one attached hydrogen (secondary N) is 1. The standard InChI is InChI=1S/C16H23N7O/c1-11(6-7-12(2)21-22-17)20-16(24)8-9-18-23-14(4)10-13(3)19-15(23)5/h6-7,9-11,15H,2,8H2,1,3-5H3,(H,20,24)/b7-6-,18-9-. The number of rotatable bonds is 7. The number of carbonyl (C=O) groups excluding carboxylic acids is 1. The third-order valence-corrected chi connectivity index (χ3v) is 3.15. The van der Waals surface area contributed by atoms with Crippen molar-refractivity contribution < 1.29 is 4.79 Å². The molecule has 24 heavy (non-hydrogen) atoms. The molecule has 0 aromatic rings. The summed E-state index contributed by atoms with van der Waals surface area (Å²) in [7, 11) is 0. The number of hydrazone groups is 1. The van der Waals surface area contributed by atoms with Crippen molar-refractivity contribution in [2.24, 2.45) is 15.2 Å². The van der Waals surface area contributed by atoms with E-state index in [9.17, 15) is 4.79 Å². The summed E-state index contributed by atoms with van der Waals surface area (Å²) in [6.45, 7) is 11.2. The molecule has 1 aliphatic heterocycles. The normalized spacial score (nSPS) is 18.8. The smallest absolute Gasteiger partial charge is 0.225 e. The molecule has 1 N–H and O–H groups in total. The number of azide groups is 1. The van der Waals surface area contributed by atoms with Gasteiger partial charge in [0.25, 0.3) is 0 Å². The van der Waals surface area contributed by atoms with Crippen LogP contribution in [0.15, 0.2) is 51.4 Å². The number of allylic oxidation sites excluding steroid dienone is 3. The van der Waals surface area contributed by atoms with Crippen molar-refractivity contribution in [2.75, 3.05) is 0 Å². The van der Waals surface area contributed by atoms with Crippen LogP contribution in [0.3, 0.4) is 0 Å². The highest BCUT2D eigenvalue weighted by Crippen LogP contribution is 2.15. The lowest BCUT2D eigenvalue weighted by Gasteiger charge is -2.27. The molecule has 1 heterocycles. The minimum Gasteiger partial charge on any atom is -0.350 e. The molecule has 2 atom stereocenters. The van der Waals surface area contributed by atoms with Crippen LogP contribution in [-0.2, 0) is 4.79 Å². The molecule has 128 valence electrons. The maximum atomic E-state index is 11.9. The Kier molecular flexibility index (Phi) is 7.45. The summed E-state index contributed by atoms with van der Waals surface area (Å²) in [4.78, 5) is 18.9. The van der Waals surface area contributed by atoms with Crippen LogP contribution in [0.2, 0.25) is 0 Å². The van der Waals surface area contributed by atoms with Crippen LogP contribution in [0.25, 0.3) is 10.4 Å². The fraction of sp³-hybridized carbons (Fsp3) is 0.438. The molecule has 1 aliphatic rings. The summed E-state index contributed by atoms with van der Waals surface area (Å²) in [5, 5.41) is 12.2. The van der Waals surface area contributed by atoms with Crippen molar-refractivity contribution in [3.63, 3.8) is 0 Å². The van der Waals surface area contributed by atoms with Crippen LogP contribution < -0.4 is 5.32 Å². The predicted molar refractivity (Wildman–Crippen MR) is 96.3 cm³/mol. The monoisotopic (exact) mass is 329 g/mol. The molecule has 0 aromatic carbocycles. The first-order valence-corrected chi connectivity index (χ1v) is 7.59. The Labute approximate surface area is 142 Å². The van der Waals surface area contributed by atoms with E-state index in [1.807, 2.05) is 33.8 Å². The lowest BCUT2D eigenvalue weighted by molar-refractivity contribution is -0.120. The zero-order valence-corrected chi connectivity index (χ0v) is 14.5. The van der Waals surface area contributed by atoms with E-state index in [0.717, 1.165) is 11.4 Å². The maximum Gasteiger partial charge on any atom is 0.225 e. The zero-order chi connectivity index (χ0) is 18.1. The Morgan fingerprint density at radius 2 is 2.33 bits per heavy atom. The van der Waals surface area contributed by atoms with Gasteiger partial charge in [0.15, 0.2) is 0 Å². The van der Waals surface area contributed by atoms with Gasteiger partial charge in [-0.1, -0.05) is 23.8 Å². The summed E-state index contributed by atoms with van der Waals surface area (Å²) < 4.78 is 0. The van der Waals surface area contributed by atoms with E-state index in [1.54, 1.807) is 23.4 Å². The van der Waals surface area contributed by atoms with E-state index < -0.39 is 0 Å². The quantitative estimate of drug-likeness (QED) is 0.254. The zero-order valence-electron chi connectivity index (χ0n) is 14.5. The highest BCUT2D eigenvalue weighted by atomic mass is 16.1. The van der Waals surface area contributed by atoms with Gasteiger partial charge in [-0.3, -0.25) is 9.79 Å². The van der Waals surface area contributed by atoms with Crippen molar-refractivity contribution in [1.82, 2.24) is 10.3 Å². The Morgan fingerprint density at radius 3 is 2.96 bits per heavy atom. The van der Waals surface area contributed by atoms with E-state index in [-0.39, 0.29) is 30.2 Å².